The molecule has 0 aliphatic carbocycles. The summed E-state index contributed by atoms with van der Waals surface area (Å²) in [6.45, 7) is 6.36. The number of nitrogens with one attached hydrogen (secondary N) is 3. The highest BCUT2D eigenvalue weighted by Crippen LogP contribution is 2.23. The van der Waals surface area contributed by atoms with Gasteiger partial charge >= 0.3 is 0 Å². The first-order valence-corrected chi connectivity index (χ1v) is 12.0. The molecular weight excluding hydrogens is 462 g/mol. The van der Waals surface area contributed by atoms with Crippen LogP contribution < -0.4 is 16.2 Å². The molecule has 0 atom stereocenters. The third-order valence-corrected chi connectivity index (χ3v) is 5.95. The van der Waals surface area contributed by atoms with Crippen LogP contribution in [0, 0.1) is 0 Å². The van der Waals surface area contributed by atoms with Crippen LogP contribution >= 0.6 is 0 Å². The van der Waals surface area contributed by atoms with E-state index in [4.69, 9.17) is 0 Å². The van der Waals surface area contributed by atoms with E-state index in [-0.39, 0.29) is 11.3 Å². The van der Waals surface area contributed by atoms with Gasteiger partial charge < -0.3 is 5.32 Å². The van der Waals surface area contributed by atoms with Crippen LogP contribution in [-0.2, 0) is 10.2 Å². The van der Waals surface area contributed by atoms with Crippen molar-refractivity contribution in [2.24, 2.45) is 0 Å². The highest BCUT2D eigenvalue weighted by atomic mass is 16.2. The third kappa shape index (κ3) is 6.49. The van der Waals surface area contributed by atoms with E-state index in [0.717, 1.165) is 21.9 Å². The van der Waals surface area contributed by atoms with E-state index < -0.39 is 11.8 Å². The second kappa shape index (κ2) is 10.9. The SMILES string of the molecule is CC(C)(C)c1ccc(C(=O)Nc2ccc(C(=O)NNC(=O)/C=C/c3cccc4ccccc34)cc2)cc1. The van der Waals surface area contributed by atoms with Gasteiger partial charge in [0.25, 0.3) is 17.7 Å². The van der Waals surface area contributed by atoms with E-state index in [1.165, 1.54) is 6.08 Å². The Kier molecular flexibility index (Phi) is 7.49. The Bertz CT molecular complexity index is 1460. The molecule has 0 saturated carbocycles. The van der Waals surface area contributed by atoms with Gasteiger partial charge in [-0.05, 0) is 69.8 Å². The average Bonchev–Trinajstić information content (AvgIpc) is 2.90. The number of anilines is 1. The molecule has 0 aliphatic heterocycles. The van der Waals surface area contributed by atoms with E-state index in [0.29, 0.717) is 16.8 Å². The van der Waals surface area contributed by atoms with Crippen molar-refractivity contribution in [3.63, 3.8) is 0 Å². The van der Waals surface area contributed by atoms with Crippen LogP contribution in [0.2, 0.25) is 0 Å². The molecule has 6 nitrogen and oxygen atoms in total. The summed E-state index contributed by atoms with van der Waals surface area (Å²) in [6.07, 6.45) is 3.08. The van der Waals surface area contributed by atoms with Crippen LogP contribution in [0.4, 0.5) is 5.69 Å². The predicted molar refractivity (Wildman–Crippen MR) is 148 cm³/mol. The van der Waals surface area contributed by atoms with E-state index in [1.54, 1.807) is 42.5 Å². The topological polar surface area (TPSA) is 87.3 Å². The van der Waals surface area contributed by atoms with Crippen LogP contribution in [0.15, 0.2) is 97.1 Å². The Morgan fingerprint density at radius 1 is 0.676 bits per heavy atom. The van der Waals surface area contributed by atoms with Crippen molar-refractivity contribution in [2.45, 2.75) is 26.2 Å². The first kappa shape index (κ1) is 25.4. The third-order valence-electron chi connectivity index (χ3n) is 5.95. The van der Waals surface area contributed by atoms with Gasteiger partial charge in [0, 0.05) is 22.9 Å². The monoisotopic (exact) mass is 491 g/mol. The van der Waals surface area contributed by atoms with Crippen molar-refractivity contribution in [3.8, 4) is 0 Å². The van der Waals surface area contributed by atoms with Crippen LogP contribution in [-0.4, -0.2) is 17.7 Å². The first-order chi connectivity index (χ1) is 17.7. The standard InChI is InChI=1S/C31H29N3O3/c1-31(2,3)25-16-11-23(12-17-25)29(36)32-26-18-13-24(14-19-26)30(37)34-33-28(35)20-15-22-9-6-8-21-7-4-5-10-27(21)22/h4-20H,1-3H3,(H,32,36)(H,33,35)(H,34,37)/b20-15+. The number of rotatable bonds is 5. The van der Waals surface area contributed by atoms with E-state index in [2.05, 4.69) is 36.9 Å². The molecule has 4 aromatic rings. The summed E-state index contributed by atoms with van der Waals surface area (Å²) in [5.74, 6) is -1.16. The number of hydrogen-bond acceptors (Lipinski definition) is 3. The number of benzene rings is 4. The maximum atomic E-state index is 12.6. The Morgan fingerprint density at radius 2 is 1.30 bits per heavy atom. The molecule has 0 bridgehead atoms. The number of carbonyl (C=O) groups excluding carboxylic acids is 3. The summed E-state index contributed by atoms with van der Waals surface area (Å²) < 4.78 is 0. The molecule has 0 unspecified atom stereocenters. The Hall–Kier alpha value is -4.71. The highest BCUT2D eigenvalue weighted by Gasteiger charge is 2.14. The maximum Gasteiger partial charge on any atom is 0.269 e. The summed E-state index contributed by atoms with van der Waals surface area (Å²) >= 11 is 0. The molecule has 37 heavy (non-hydrogen) atoms. The quantitative estimate of drug-likeness (QED) is 0.241. The number of amides is 3. The fraction of sp³-hybridized carbons (Fsp3) is 0.129. The van der Waals surface area contributed by atoms with Crippen LogP contribution in [0.25, 0.3) is 16.8 Å². The summed E-state index contributed by atoms with van der Waals surface area (Å²) in [4.78, 5) is 37.2. The van der Waals surface area contributed by atoms with Gasteiger partial charge in [0.05, 0.1) is 0 Å². The van der Waals surface area contributed by atoms with E-state index in [1.807, 2.05) is 54.6 Å². The van der Waals surface area contributed by atoms with Gasteiger partial charge in [0.2, 0.25) is 0 Å². The second-order valence-corrected chi connectivity index (χ2v) is 9.70. The Morgan fingerprint density at radius 3 is 2.00 bits per heavy atom. The Balaban J connectivity index is 1.30. The van der Waals surface area contributed by atoms with Crippen molar-refractivity contribution in [3.05, 3.63) is 119 Å². The predicted octanol–water partition coefficient (Wildman–Crippen LogP) is 5.86. The lowest BCUT2D eigenvalue weighted by molar-refractivity contribution is -0.117. The van der Waals surface area contributed by atoms with Gasteiger partial charge in [-0.3, -0.25) is 25.2 Å². The van der Waals surface area contributed by atoms with Gasteiger partial charge in [0.15, 0.2) is 0 Å². The van der Waals surface area contributed by atoms with Crippen LogP contribution in [0.1, 0.15) is 52.6 Å². The zero-order chi connectivity index (χ0) is 26.4. The van der Waals surface area contributed by atoms with Crippen molar-refractivity contribution in [1.82, 2.24) is 10.9 Å². The fourth-order valence-corrected chi connectivity index (χ4v) is 3.82. The minimum Gasteiger partial charge on any atom is -0.322 e. The van der Waals surface area contributed by atoms with Crippen molar-refractivity contribution >= 4 is 40.3 Å². The molecule has 0 spiro atoms. The number of fused-ring (bicyclic) bond motifs is 1. The molecular formula is C31H29N3O3. The molecule has 0 heterocycles. The molecule has 0 aliphatic rings. The van der Waals surface area contributed by atoms with Gasteiger partial charge in [-0.2, -0.15) is 0 Å². The zero-order valence-corrected chi connectivity index (χ0v) is 21.0. The van der Waals surface area contributed by atoms with Gasteiger partial charge in [-0.25, -0.2) is 0 Å². The summed E-state index contributed by atoms with van der Waals surface area (Å²) in [6, 6.07) is 27.7. The number of hydrogen-bond donors (Lipinski definition) is 3. The lowest BCUT2D eigenvalue weighted by Gasteiger charge is -2.19. The Labute approximate surface area is 216 Å². The molecule has 6 heteroatoms. The van der Waals surface area contributed by atoms with Gasteiger partial charge in [0.1, 0.15) is 0 Å². The highest BCUT2D eigenvalue weighted by molar-refractivity contribution is 6.05. The number of hydrazine groups is 1. The average molecular weight is 492 g/mol. The lowest BCUT2D eigenvalue weighted by Crippen LogP contribution is -2.40. The minimum absolute atomic E-state index is 0.0119. The minimum atomic E-state index is -0.470. The smallest absolute Gasteiger partial charge is 0.269 e. The molecule has 0 radical (unpaired) electrons. The summed E-state index contributed by atoms with van der Waals surface area (Å²) in [5, 5.41) is 4.94. The zero-order valence-electron chi connectivity index (χ0n) is 21.0. The normalized spacial score (nSPS) is 11.3. The largest absolute Gasteiger partial charge is 0.322 e. The van der Waals surface area contributed by atoms with Gasteiger partial charge in [-0.15, -0.1) is 0 Å². The first-order valence-electron chi connectivity index (χ1n) is 12.0. The second-order valence-electron chi connectivity index (χ2n) is 9.70. The van der Waals surface area contributed by atoms with Crippen LogP contribution in [0.5, 0.6) is 0 Å². The molecule has 4 rings (SSSR count). The molecule has 0 fully saturated rings. The lowest BCUT2D eigenvalue weighted by atomic mass is 9.87. The maximum absolute atomic E-state index is 12.6. The van der Waals surface area contributed by atoms with Crippen molar-refractivity contribution < 1.29 is 14.4 Å². The van der Waals surface area contributed by atoms with E-state index >= 15 is 0 Å². The summed E-state index contributed by atoms with van der Waals surface area (Å²) in [7, 11) is 0. The molecule has 0 aromatic heterocycles. The molecule has 4 aromatic carbocycles. The van der Waals surface area contributed by atoms with Crippen molar-refractivity contribution in [2.75, 3.05) is 5.32 Å². The molecule has 3 amide bonds. The molecule has 0 saturated heterocycles. The van der Waals surface area contributed by atoms with Crippen molar-refractivity contribution in [1.29, 1.82) is 0 Å². The molecule has 3 N–H and O–H groups in total. The van der Waals surface area contributed by atoms with E-state index in [9.17, 15) is 14.4 Å². The van der Waals surface area contributed by atoms with Crippen LogP contribution in [0.3, 0.4) is 0 Å². The summed E-state index contributed by atoms with van der Waals surface area (Å²) in [5.41, 5.74) is 8.30. The van der Waals surface area contributed by atoms with Gasteiger partial charge in [-0.1, -0.05) is 75.4 Å². The molecule has 186 valence electrons. The number of carbonyl (C=O) groups is 3. The fourth-order valence-electron chi connectivity index (χ4n) is 3.82.